The zero-order valence-electron chi connectivity index (χ0n) is 20.3. The quantitative estimate of drug-likeness (QED) is 0.205. The molecular formula is C27H45F2N3. The fraction of sp³-hybridized carbons (Fsp3) is 0.741. The van der Waals surface area contributed by atoms with Crippen LogP contribution in [-0.2, 0) is 6.42 Å². The molecule has 5 heteroatoms. The van der Waals surface area contributed by atoms with E-state index in [1.165, 1.54) is 81.6 Å². The second-order valence-corrected chi connectivity index (χ2v) is 9.19. The minimum atomic E-state index is -2.14. The summed E-state index contributed by atoms with van der Waals surface area (Å²) in [7, 11) is 0. The Morgan fingerprint density at radius 2 is 1.47 bits per heavy atom. The average molecular weight is 450 g/mol. The lowest BCUT2D eigenvalue weighted by Gasteiger charge is -2.08. The van der Waals surface area contributed by atoms with Crippen molar-refractivity contribution in [2.45, 2.75) is 123 Å². The molecule has 2 aromatic rings. The molecule has 0 aliphatic rings. The summed E-state index contributed by atoms with van der Waals surface area (Å²) in [6.07, 6.45) is 21.2. The highest BCUT2D eigenvalue weighted by Gasteiger charge is 2.09. The van der Waals surface area contributed by atoms with Gasteiger partial charge in [0.2, 0.25) is 6.43 Å². The predicted molar refractivity (Wildman–Crippen MR) is 133 cm³/mol. The Hall–Kier alpha value is -1.65. The Morgan fingerprint density at radius 1 is 0.844 bits per heavy atom. The minimum Gasteiger partial charge on any atom is -0.324 e. The molecule has 0 bridgehead atoms. The lowest BCUT2D eigenvalue weighted by Crippen LogP contribution is -2.15. The van der Waals surface area contributed by atoms with E-state index in [-0.39, 0.29) is 6.42 Å². The topological polar surface area (TPSA) is 29.9 Å². The van der Waals surface area contributed by atoms with Crippen molar-refractivity contribution in [3.8, 4) is 0 Å². The standard InChI is InChI=1S/C27H45F2N3/c1-2-3-4-5-6-10-13-16-22-31-32-23-24(25-19-17-21-30-27(25)32)18-14-11-8-7-9-12-15-20-26(28)29/h17,19,21,23,26,31H,2-16,18,20,22H2,1H3. The summed E-state index contributed by atoms with van der Waals surface area (Å²) in [5, 5.41) is 1.25. The third kappa shape index (κ3) is 10.8. The molecule has 2 aromatic heterocycles. The molecule has 2 heterocycles. The van der Waals surface area contributed by atoms with Gasteiger partial charge in [0.25, 0.3) is 0 Å². The molecule has 0 radical (unpaired) electrons. The molecule has 0 fully saturated rings. The van der Waals surface area contributed by atoms with Gasteiger partial charge < -0.3 is 5.43 Å². The zero-order chi connectivity index (χ0) is 22.9. The highest BCUT2D eigenvalue weighted by atomic mass is 19.3. The van der Waals surface area contributed by atoms with Gasteiger partial charge >= 0.3 is 0 Å². The molecule has 32 heavy (non-hydrogen) atoms. The first-order valence-corrected chi connectivity index (χ1v) is 13.2. The Bertz CT molecular complexity index is 714. The Labute approximate surface area is 194 Å². The number of halogens is 2. The van der Waals surface area contributed by atoms with Crippen molar-refractivity contribution in [1.82, 2.24) is 9.66 Å². The number of pyridine rings is 1. The fourth-order valence-corrected chi connectivity index (χ4v) is 4.40. The summed E-state index contributed by atoms with van der Waals surface area (Å²) < 4.78 is 26.4. The van der Waals surface area contributed by atoms with Gasteiger partial charge in [0.05, 0.1) is 0 Å². The molecule has 2 rings (SSSR count). The maximum Gasteiger partial charge on any atom is 0.238 e. The van der Waals surface area contributed by atoms with Crippen LogP contribution in [0.5, 0.6) is 0 Å². The van der Waals surface area contributed by atoms with Crippen molar-refractivity contribution in [3.05, 3.63) is 30.1 Å². The molecule has 0 atom stereocenters. The zero-order valence-corrected chi connectivity index (χ0v) is 20.3. The molecule has 0 amide bonds. The van der Waals surface area contributed by atoms with Gasteiger partial charge in [0.1, 0.15) is 0 Å². The maximum absolute atomic E-state index is 12.1. The third-order valence-corrected chi connectivity index (χ3v) is 6.33. The first-order chi connectivity index (χ1) is 15.7. The smallest absolute Gasteiger partial charge is 0.238 e. The van der Waals surface area contributed by atoms with E-state index in [9.17, 15) is 8.78 Å². The molecule has 0 aliphatic carbocycles. The Morgan fingerprint density at radius 3 is 2.16 bits per heavy atom. The summed E-state index contributed by atoms with van der Waals surface area (Å²) in [5.41, 5.74) is 5.96. The number of nitrogens with zero attached hydrogens (tertiary/aromatic N) is 2. The van der Waals surface area contributed by atoms with Gasteiger partial charge in [-0.1, -0.05) is 84.0 Å². The first kappa shape index (κ1) is 26.6. The van der Waals surface area contributed by atoms with Gasteiger partial charge in [0.15, 0.2) is 5.65 Å². The normalized spacial score (nSPS) is 11.6. The SMILES string of the molecule is CCCCCCCCCCNn1cc(CCCCCCCCCC(F)F)c2cccnc21. The van der Waals surface area contributed by atoms with Crippen molar-refractivity contribution in [3.63, 3.8) is 0 Å². The van der Waals surface area contributed by atoms with Gasteiger partial charge in [-0.15, -0.1) is 0 Å². The number of fused-ring (bicyclic) bond motifs is 1. The summed E-state index contributed by atoms with van der Waals surface area (Å²) in [6.45, 7) is 3.25. The monoisotopic (exact) mass is 449 g/mol. The number of unbranched alkanes of at least 4 members (excludes halogenated alkanes) is 13. The maximum atomic E-state index is 12.1. The molecule has 1 N–H and O–H groups in total. The highest BCUT2D eigenvalue weighted by molar-refractivity contribution is 5.80. The van der Waals surface area contributed by atoms with E-state index in [0.717, 1.165) is 37.9 Å². The molecule has 0 unspecified atom stereocenters. The lowest BCUT2D eigenvalue weighted by atomic mass is 10.0. The molecule has 0 saturated carbocycles. The summed E-state index contributed by atoms with van der Waals surface area (Å²) in [4.78, 5) is 4.60. The van der Waals surface area contributed by atoms with E-state index in [1.54, 1.807) is 0 Å². The Balaban J connectivity index is 1.64. The first-order valence-electron chi connectivity index (χ1n) is 13.2. The van der Waals surface area contributed by atoms with E-state index in [4.69, 9.17) is 0 Å². The predicted octanol–water partition coefficient (Wildman–Crippen LogP) is 8.65. The molecule has 182 valence electrons. The van der Waals surface area contributed by atoms with E-state index in [1.807, 2.05) is 12.3 Å². The van der Waals surface area contributed by atoms with Crippen molar-refractivity contribution >= 4 is 11.0 Å². The van der Waals surface area contributed by atoms with Gasteiger partial charge in [-0.3, -0.25) is 0 Å². The van der Waals surface area contributed by atoms with Crippen LogP contribution in [0.3, 0.4) is 0 Å². The van der Waals surface area contributed by atoms with Crippen LogP contribution in [0.2, 0.25) is 0 Å². The molecule has 0 spiro atoms. The van der Waals surface area contributed by atoms with Crippen LogP contribution in [0.1, 0.15) is 115 Å². The highest BCUT2D eigenvalue weighted by Crippen LogP contribution is 2.21. The summed E-state index contributed by atoms with van der Waals surface area (Å²) in [5.74, 6) is 0. The number of alkyl halides is 2. The van der Waals surface area contributed by atoms with E-state index >= 15 is 0 Å². The fourth-order valence-electron chi connectivity index (χ4n) is 4.40. The average Bonchev–Trinajstić information content (AvgIpc) is 3.14. The number of aromatic nitrogens is 2. The number of nitrogens with one attached hydrogen (secondary N) is 1. The largest absolute Gasteiger partial charge is 0.324 e. The van der Waals surface area contributed by atoms with Gasteiger partial charge in [0, 0.05) is 30.7 Å². The van der Waals surface area contributed by atoms with Crippen molar-refractivity contribution in [1.29, 1.82) is 0 Å². The third-order valence-electron chi connectivity index (χ3n) is 6.33. The van der Waals surface area contributed by atoms with Gasteiger partial charge in [-0.05, 0) is 43.4 Å². The summed E-state index contributed by atoms with van der Waals surface area (Å²) in [6, 6.07) is 4.20. The molecule has 0 aliphatic heterocycles. The second kappa shape index (κ2) is 16.9. The number of rotatable bonds is 20. The number of aryl methyl sites for hydroxylation is 1. The van der Waals surface area contributed by atoms with Crippen LogP contribution in [0.15, 0.2) is 24.5 Å². The van der Waals surface area contributed by atoms with Crippen molar-refractivity contribution in [2.24, 2.45) is 0 Å². The van der Waals surface area contributed by atoms with Crippen molar-refractivity contribution in [2.75, 3.05) is 12.0 Å². The van der Waals surface area contributed by atoms with Gasteiger partial charge in [-0.2, -0.15) is 0 Å². The van der Waals surface area contributed by atoms with Crippen LogP contribution in [-0.4, -0.2) is 22.6 Å². The van der Waals surface area contributed by atoms with Crippen LogP contribution < -0.4 is 5.43 Å². The van der Waals surface area contributed by atoms with Crippen LogP contribution in [0, 0.1) is 0 Å². The van der Waals surface area contributed by atoms with E-state index in [2.05, 4.69) is 34.3 Å². The van der Waals surface area contributed by atoms with Crippen molar-refractivity contribution < 1.29 is 8.78 Å². The number of hydrogen-bond acceptors (Lipinski definition) is 2. The van der Waals surface area contributed by atoms with Gasteiger partial charge in [-0.25, -0.2) is 18.4 Å². The molecule has 0 aromatic carbocycles. The summed E-state index contributed by atoms with van der Waals surface area (Å²) >= 11 is 0. The Kier molecular flexibility index (Phi) is 14.1. The number of hydrogen-bond donors (Lipinski definition) is 1. The van der Waals surface area contributed by atoms with E-state index < -0.39 is 6.43 Å². The van der Waals surface area contributed by atoms with E-state index in [0.29, 0.717) is 6.42 Å². The van der Waals surface area contributed by atoms with Crippen LogP contribution in [0.25, 0.3) is 11.0 Å². The minimum absolute atomic E-state index is 0.0607. The molecule has 0 saturated heterocycles. The lowest BCUT2D eigenvalue weighted by molar-refractivity contribution is 0.133. The van der Waals surface area contributed by atoms with Crippen LogP contribution in [0.4, 0.5) is 8.78 Å². The van der Waals surface area contributed by atoms with Crippen LogP contribution >= 0.6 is 0 Å². The second-order valence-electron chi connectivity index (χ2n) is 9.19. The molecule has 3 nitrogen and oxygen atoms in total. The molecular weight excluding hydrogens is 404 g/mol.